The Morgan fingerprint density at radius 3 is 2.58 bits per heavy atom. The molecule has 0 spiro atoms. The molecule has 2 aromatic rings. The molecule has 6 nitrogen and oxygen atoms in total. The van der Waals surface area contributed by atoms with Crippen molar-refractivity contribution in [1.82, 2.24) is 10.2 Å². The van der Waals surface area contributed by atoms with E-state index < -0.39 is 17.8 Å². The van der Waals surface area contributed by atoms with Gasteiger partial charge in [-0.05, 0) is 24.3 Å². The van der Waals surface area contributed by atoms with Gasteiger partial charge in [0.05, 0.1) is 14.2 Å². The van der Waals surface area contributed by atoms with Gasteiger partial charge >= 0.3 is 0 Å². The lowest BCUT2D eigenvalue weighted by atomic mass is 10.0. The van der Waals surface area contributed by atoms with Crippen molar-refractivity contribution < 1.29 is 23.5 Å². The molecule has 0 aliphatic carbocycles. The zero-order valence-electron chi connectivity index (χ0n) is 14.5. The van der Waals surface area contributed by atoms with Gasteiger partial charge in [-0.3, -0.25) is 9.59 Å². The Kier molecular flexibility index (Phi) is 5.06. The summed E-state index contributed by atoms with van der Waals surface area (Å²) < 4.78 is 24.7. The summed E-state index contributed by atoms with van der Waals surface area (Å²) in [4.78, 5) is 26.8. The van der Waals surface area contributed by atoms with Gasteiger partial charge in [0.2, 0.25) is 5.91 Å². The van der Waals surface area contributed by atoms with Crippen LogP contribution in [-0.4, -0.2) is 44.0 Å². The van der Waals surface area contributed by atoms with Crippen molar-refractivity contribution in [2.45, 2.75) is 6.04 Å². The number of nitrogens with one attached hydrogen (secondary N) is 1. The molecular weight excluding hydrogens is 339 g/mol. The molecule has 1 N–H and O–H groups in total. The fraction of sp³-hybridized carbons (Fsp3) is 0.263. The number of carbonyl (C=O) groups is 2. The molecule has 3 rings (SSSR count). The van der Waals surface area contributed by atoms with Gasteiger partial charge in [-0.2, -0.15) is 0 Å². The van der Waals surface area contributed by atoms with Crippen LogP contribution in [0, 0.1) is 5.82 Å². The van der Waals surface area contributed by atoms with E-state index in [1.54, 1.807) is 30.3 Å². The second-order valence-electron chi connectivity index (χ2n) is 5.78. The van der Waals surface area contributed by atoms with Gasteiger partial charge in [0.1, 0.15) is 11.9 Å². The summed E-state index contributed by atoms with van der Waals surface area (Å²) in [6.45, 7) is 0.584. The number of methoxy groups -OCH3 is 2. The number of hydrogen-bond donors (Lipinski definition) is 1. The van der Waals surface area contributed by atoms with Gasteiger partial charge in [0.15, 0.2) is 11.5 Å². The van der Waals surface area contributed by atoms with Gasteiger partial charge in [0, 0.05) is 24.2 Å². The van der Waals surface area contributed by atoms with Crippen LogP contribution in [0.25, 0.3) is 0 Å². The van der Waals surface area contributed by atoms with Crippen molar-refractivity contribution in [3.63, 3.8) is 0 Å². The Hall–Kier alpha value is -3.09. The molecule has 7 heteroatoms. The molecule has 0 radical (unpaired) electrons. The molecule has 1 unspecified atom stereocenters. The van der Waals surface area contributed by atoms with Crippen LogP contribution in [0.4, 0.5) is 4.39 Å². The van der Waals surface area contributed by atoms with Gasteiger partial charge in [-0.15, -0.1) is 0 Å². The normalized spacial score (nSPS) is 16.8. The van der Waals surface area contributed by atoms with Crippen molar-refractivity contribution in [3.05, 3.63) is 59.4 Å². The molecular formula is C19H19FN2O4. The fourth-order valence-electron chi connectivity index (χ4n) is 3.03. The second kappa shape index (κ2) is 7.43. The number of amides is 2. The highest BCUT2D eigenvalue weighted by atomic mass is 19.1. The monoisotopic (exact) mass is 358 g/mol. The molecule has 26 heavy (non-hydrogen) atoms. The van der Waals surface area contributed by atoms with Crippen LogP contribution in [0.15, 0.2) is 42.5 Å². The summed E-state index contributed by atoms with van der Waals surface area (Å²) in [5.74, 6) is -0.419. The fourth-order valence-corrected chi connectivity index (χ4v) is 3.03. The largest absolute Gasteiger partial charge is 0.493 e. The Bertz CT molecular complexity index is 840. The van der Waals surface area contributed by atoms with Gasteiger partial charge in [0.25, 0.3) is 5.91 Å². The van der Waals surface area contributed by atoms with E-state index in [4.69, 9.17) is 9.47 Å². The minimum atomic E-state index is -1.02. The first-order valence-electron chi connectivity index (χ1n) is 8.12. The van der Waals surface area contributed by atoms with Crippen molar-refractivity contribution in [2.24, 2.45) is 0 Å². The van der Waals surface area contributed by atoms with Crippen LogP contribution in [0.2, 0.25) is 0 Å². The van der Waals surface area contributed by atoms with Crippen LogP contribution in [0.5, 0.6) is 11.5 Å². The van der Waals surface area contributed by atoms with Crippen LogP contribution < -0.4 is 14.8 Å². The van der Waals surface area contributed by atoms with Crippen LogP contribution in [0.3, 0.4) is 0 Å². The third-order valence-corrected chi connectivity index (χ3v) is 4.30. The average molecular weight is 358 g/mol. The maximum Gasteiger partial charge on any atom is 0.255 e. The number of hydrogen-bond acceptors (Lipinski definition) is 4. The highest BCUT2D eigenvalue weighted by Crippen LogP contribution is 2.31. The highest BCUT2D eigenvalue weighted by molar-refractivity contribution is 5.99. The number of benzene rings is 2. The lowest BCUT2D eigenvalue weighted by Crippen LogP contribution is -2.52. The number of nitrogens with zero attached hydrogens (tertiary/aromatic N) is 1. The van der Waals surface area contributed by atoms with Crippen molar-refractivity contribution in [3.8, 4) is 11.5 Å². The SMILES string of the molecule is COc1ccc(C(=O)N2CCNC(=O)C2c2ccccc2F)cc1OC. The molecule has 136 valence electrons. The molecule has 2 aromatic carbocycles. The highest BCUT2D eigenvalue weighted by Gasteiger charge is 2.36. The summed E-state index contributed by atoms with van der Waals surface area (Å²) >= 11 is 0. The van der Waals surface area contributed by atoms with Gasteiger partial charge < -0.3 is 19.7 Å². The summed E-state index contributed by atoms with van der Waals surface area (Å²) in [6, 6.07) is 9.70. The molecule has 1 saturated heterocycles. The van der Waals surface area contributed by atoms with E-state index in [1.165, 1.54) is 31.3 Å². The van der Waals surface area contributed by atoms with E-state index in [9.17, 15) is 14.0 Å². The summed E-state index contributed by atoms with van der Waals surface area (Å²) in [6.07, 6.45) is 0. The number of piperazine rings is 1. The third-order valence-electron chi connectivity index (χ3n) is 4.30. The molecule has 1 heterocycles. The van der Waals surface area contributed by atoms with Crippen LogP contribution in [0.1, 0.15) is 22.0 Å². The smallest absolute Gasteiger partial charge is 0.255 e. The number of halogens is 1. The molecule has 0 saturated carbocycles. The maximum atomic E-state index is 14.2. The predicted octanol–water partition coefficient (Wildman–Crippen LogP) is 2.16. The van der Waals surface area contributed by atoms with Crippen molar-refractivity contribution >= 4 is 11.8 Å². The molecule has 1 aliphatic heterocycles. The first kappa shape index (κ1) is 17.7. The molecule has 0 aromatic heterocycles. The second-order valence-corrected chi connectivity index (χ2v) is 5.78. The zero-order chi connectivity index (χ0) is 18.7. The Morgan fingerprint density at radius 1 is 1.15 bits per heavy atom. The topological polar surface area (TPSA) is 67.9 Å². The third kappa shape index (κ3) is 3.20. The van der Waals surface area contributed by atoms with E-state index in [2.05, 4.69) is 5.32 Å². The predicted molar refractivity (Wildman–Crippen MR) is 92.7 cm³/mol. The maximum absolute atomic E-state index is 14.2. The molecule has 0 bridgehead atoms. The molecule has 1 atom stereocenters. The number of ether oxygens (including phenoxy) is 2. The lowest BCUT2D eigenvalue weighted by Gasteiger charge is -2.35. The van der Waals surface area contributed by atoms with Crippen molar-refractivity contribution in [2.75, 3.05) is 27.3 Å². The van der Waals surface area contributed by atoms with E-state index in [1.807, 2.05) is 0 Å². The minimum absolute atomic E-state index is 0.165. The summed E-state index contributed by atoms with van der Waals surface area (Å²) in [5, 5.41) is 2.69. The Balaban J connectivity index is 1.99. The lowest BCUT2D eigenvalue weighted by molar-refractivity contribution is -0.128. The van der Waals surface area contributed by atoms with Gasteiger partial charge in [-0.1, -0.05) is 18.2 Å². The molecule has 1 fully saturated rings. The zero-order valence-corrected chi connectivity index (χ0v) is 14.5. The Morgan fingerprint density at radius 2 is 1.88 bits per heavy atom. The molecule has 2 amide bonds. The average Bonchev–Trinajstić information content (AvgIpc) is 2.67. The van der Waals surface area contributed by atoms with Crippen LogP contribution >= 0.6 is 0 Å². The van der Waals surface area contributed by atoms with Crippen molar-refractivity contribution in [1.29, 1.82) is 0 Å². The summed E-state index contributed by atoms with van der Waals surface area (Å²) in [5.41, 5.74) is 0.497. The Labute approximate surface area is 150 Å². The van der Waals surface area contributed by atoms with E-state index >= 15 is 0 Å². The first-order chi connectivity index (χ1) is 12.6. The first-order valence-corrected chi connectivity index (χ1v) is 8.12. The number of rotatable bonds is 4. The number of carbonyl (C=O) groups excluding carboxylic acids is 2. The van der Waals surface area contributed by atoms with Gasteiger partial charge in [-0.25, -0.2) is 4.39 Å². The molecule has 1 aliphatic rings. The summed E-state index contributed by atoms with van der Waals surface area (Å²) in [7, 11) is 2.98. The van der Waals surface area contributed by atoms with E-state index in [-0.39, 0.29) is 18.0 Å². The van der Waals surface area contributed by atoms with E-state index in [0.717, 1.165) is 0 Å². The standard InChI is InChI=1S/C19H19FN2O4/c1-25-15-8-7-12(11-16(15)26-2)19(24)22-10-9-21-18(23)17(22)13-5-3-4-6-14(13)20/h3-8,11,17H,9-10H2,1-2H3,(H,21,23). The minimum Gasteiger partial charge on any atom is -0.493 e. The van der Waals surface area contributed by atoms with Crippen LogP contribution in [-0.2, 0) is 4.79 Å². The van der Waals surface area contributed by atoms with E-state index in [0.29, 0.717) is 23.6 Å². The quantitative estimate of drug-likeness (QED) is 0.909.